The summed E-state index contributed by atoms with van der Waals surface area (Å²) in [6, 6.07) is 16.7. The average molecular weight is 396 g/mol. The van der Waals surface area contributed by atoms with Crippen LogP contribution in [0.25, 0.3) is 0 Å². The quantitative estimate of drug-likeness (QED) is 0.616. The summed E-state index contributed by atoms with van der Waals surface area (Å²) >= 11 is 12.0. The number of hydrogen-bond acceptors (Lipinski definition) is 3. The summed E-state index contributed by atoms with van der Waals surface area (Å²) in [6.07, 6.45) is 4.27. The molecule has 0 spiro atoms. The Hall–Kier alpha value is -2.69. The van der Waals surface area contributed by atoms with Crippen LogP contribution >= 0.6 is 23.2 Å². The van der Waals surface area contributed by atoms with Crippen molar-refractivity contribution in [1.29, 1.82) is 0 Å². The van der Waals surface area contributed by atoms with E-state index in [2.05, 4.69) is 9.98 Å². The van der Waals surface area contributed by atoms with E-state index in [0.29, 0.717) is 34.4 Å². The molecule has 0 atom stereocenters. The van der Waals surface area contributed by atoms with Gasteiger partial charge in [0.1, 0.15) is 5.71 Å². The maximum Gasteiger partial charge on any atom is 0.277 e. The largest absolute Gasteiger partial charge is 0.306 e. The third kappa shape index (κ3) is 3.59. The molecule has 1 aliphatic heterocycles. The number of aromatic nitrogens is 1. The van der Waals surface area contributed by atoms with Crippen molar-refractivity contribution >= 4 is 46.2 Å². The van der Waals surface area contributed by atoms with Gasteiger partial charge >= 0.3 is 0 Å². The smallest absolute Gasteiger partial charge is 0.277 e. The molecule has 0 fully saturated rings. The summed E-state index contributed by atoms with van der Waals surface area (Å²) in [7, 11) is 0. The topological polar surface area (TPSA) is 45.6 Å². The van der Waals surface area contributed by atoms with Crippen LogP contribution in [0.4, 0.5) is 11.4 Å². The monoisotopic (exact) mass is 395 g/mol. The summed E-state index contributed by atoms with van der Waals surface area (Å²) in [5.41, 5.74) is 3.77. The number of hydrogen-bond donors (Lipinski definition) is 0. The van der Waals surface area contributed by atoms with E-state index in [1.165, 1.54) is 0 Å². The minimum Gasteiger partial charge on any atom is -0.306 e. The minimum atomic E-state index is -0.119. The Balaban J connectivity index is 1.67. The number of para-hydroxylation sites is 1. The third-order valence-corrected chi connectivity index (χ3v) is 5.13. The Morgan fingerprint density at radius 3 is 2.63 bits per heavy atom. The lowest BCUT2D eigenvalue weighted by molar-refractivity contribution is -0.112. The van der Waals surface area contributed by atoms with Gasteiger partial charge in [-0.1, -0.05) is 47.5 Å². The first-order valence-electron chi connectivity index (χ1n) is 8.47. The van der Waals surface area contributed by atoms with Gasteiger partial charge in [-0.3, -0.25) is 9.78 Å². The van der Waals surface area contributed by atoms with E-state index < -0.39 is 0 Å². The fourth-order valence-corrected chi connectivity index (χ4v) is 3.35. The van der Waals surface area contributed by atoms with Crippen LogP contribution in [0.5, 0.6) is 0 Å². The number of pyridine rings is 1. The molecule has 2 heterocycles. The maximum atomic E-state index is 13.1. The van der Waals surface area contributed by atoms with Gasteiger partial charge in [0, 0.05) is 24.5 Å². The minimum absolute atomic E-state index is 0.119. The number of carbonyl (C=O) groups excluding carboxylic acids is 1. The highest BCUT2D eigenvalue weighted by Crippen LogP contribution is 2.32. The molecule has 0 bridgehead atoms. The number of carbonyl (C=O) groups is 1. The summed E-state index contributed by atoms with van der Waals surface area (Å²) in [5, 5.41) is 0.863. The molecule has 4 rings (SSSR count). The van der Waals surface area contributed by atoms with Crippen LogP contribution in [0, 0.1) is 0 Å². The van der Waals surface area contributed by atoms with Crippen molar-refractivity contribution in [3.05, 3.63) is 88.2 Å². The Morgan fingerprint density at radius 2 is 1.85 bits per heavy atom. The van der Waals surface area contributed by atoms with Crippen molar-refractivity contribution in [1.82, 2.24) is 4.98 Å². The molecule has 0 N–H and O–H groups in total. The van der Waals surface area contributed by atoms with Crippen molar-refractivity contribution in [2.24, 2.45) is 4.99 Å². The van der Waals surface area contributed by atoms with Gasteiger partial charge in [-0.2, -0.15) is 0 Å². The zero-order valence-corrected chi connectivity index (χ0v) is 15.8. The standard InChI is InChI=1S/C21H15Cl2N3O/c22-17-8-7-15(12-18(17)23)25-20-16-5-1-2-6-19(16)26(21(20)27)11-9-14-4-3-10-24-13-14/h1-8,10,12-13H,9,11H2. The van der Waals surface area contributed by atoms with Crippen LogP contribution in [-0.4, -0.2) is 23.1 Å². The van der Waals surface area contributed by atoms with Gasteiger partial charge in [0.2, 0.25) is 0 Å². The molecule has 0 radical (unpaired) electrons. The van der Waals surface area contributed by atoms with Crippen LogP contribution < -0.4 is 4.90 Å². The van der Waals surface area contributed by atoms with Crippen molar-refractivity contribution in [3.8, 4) is 0 Å². The number of halogens is 2. The lowest BCUT2D eigenvalue weighted by atomic mass is 10.1. The number of aliphatic imine (C=N–C) groups is 1. The Kier molecular flexibility index (Phi) is 4.92. The van der Waals surface area contributed by atoms with E-state index in [4.69, 9.17) is 23.2 Å². The second-order valence-electron chi connectivity index (χ2n) is 6.14. The van der Waals surface area contributed by atoms with Crippen LogP contribution in [0.15, 0.2) is 72.0 Å². The zero-order chi connectivity index (χ0) is 18.8. The predicted octanol–water partition coefficient (Wildman–Crippen LogP) is 5.10. The SMILES string of the molecule is O=C1C(=Nc2ccc(Cl)c(Cl)c2)c2ccccc2N1CCc1cccnc1. The van der Waals surface area contributed by atoms with Crippen LogP contribution in [0.1, 0.15) is 11.1 Å². The molecule has 3 aromatic rings. The lowest BCUT2D eigenvalue weighted by Crippen LogP contribution is -2.32. The fourth-order valence-electron chi connectivity index (χ4n) is 3.06. The molecule has 1 amide bonds. The van der Waals surface area contributed by atoms with Gasteiger partial charge in [0.25, 0.3) is 5.91 Å². The Morgan fingerprint density at radius 1 is 1.00 bits per heavy atom. The molecule has 27 heavy (non-hydrogen) atoms. The van der Waals surface area contributed by atoms with Crippen molar-refractivity contribution in [2.45, 2.75) is 6.42 Å². The number of benzene rings is 2. The van der Waals surface area contributed by atoms with Gasteiger partial charge in [0.05, 0.1) is 21.4 Å². The number of nitrogens with zero attached hydrogens (tertiary/aromatic N) is 3. The number of fused-ring (bicyclic) bond motifs is 1. The molecule has 6 heteroatoms. The Bertz CT molecular complexity index is 1030. The molecule has 134 valence electrons. The zero-order valence-electron chi connectivity index (χ0n) is 14.3. The van der Waals surface area contributed by atoms with Gasteiger partial charge in [-0.05, 0) is 42.3 Å². The van der Waals surface area contributed by atoms with Crippen molar-refractivity contribution in [2.75, 3.05) is 11.4 Å². The summed E-state index contributed by atoms with van der Waals surface area (Å²) in [4.78, 5) is 23.5. The van der Waals surface area contributed by atoms with Gasteiger partial charge in [-0.15, -0.1) is 0 Å². The maximum absolute atomic E-state index is 13.1. The molecule has 4 nitrogen and oxygen atoms in total. The molecule has 0 saturated heterocycles. The van der Waals surface area contributed by atoms with Crippen LogP contribution in [0.3, 0.4) is 0 Å². The number of rotatable bonds is 4. The number of anilines is 1. The molecule has 1 aliphatic rings. The van der Waals surface area contributed by atoms with Crippen LogP contribution in [-0.2, 0) is 11.2 Å². The second kappa shape index (κ2) is 7.51. The van der Waals surface area contributed by atoms with Gasteiger partial charge < -0.3 is 4.90 Å². The first kappa shape index (κ1) is 17.7. The summed E-state index contributed by atoms with van der Waals surface area (Å²) in [6.45, 7) is 0.557. The van der Waals surface area contributed by atoms with Crippen molar-refractivity contribution < 1.29 is 4.79 Å². The van der Waals surface area contributed by atoms with E-state index >= 15 is 0 Å². The van der Waals surface area contributed by atoms with Crippen molar-refractivity contribution in [3.63, 3.8) is 0 Å². The molecule has 1 aromatic heterocycles. The molecule has 2 aromatic carbocycles. The second-order valence-corrected chi connectivity index (χ2v) is 6.96. The first-order valence-corrected chi connectivity index (χ1v) is 9.23. The average Bonchev–Trinajstić information content (AvgIpc) is 2.95. The summed E-state index contributed by atoms with van der Waals surface area (Å²) in [5.74, 6) is -0.119. The third-order valence-electron chi connectivity index (χ3n) is 4.39. The molecule has 0 aliphatic carbocycles. The highest BCUT2D eigenvalue weighted by molar-refractivity contribution is 6.54. The van der Waals surface area contributed by atoms with E-state index in [0.717, 1.165) is 16.8 Å². The van der Waals surface area contributed by atoms with E-state index in [1.807, 2.05) is 42.6 Å². The number of amides is 1. The molecule has 0 saturated carbocycles. The first-order chi connectivity index (χ1) is 13.1. The van der Waals surface area contributed by atoms with Gasteiger partial charge in [0.15, 0.2) is 0 Å². The van der Waals surface area contributed by atoms with Gasteiger partial charge in [-0.25, -0.2) is 4.99 Å². The normalized spacial score (nSPS) is 14.7. The summed E-state index contributed by atoms with van der Waals surface area (Å²) < 4.78 is 0. The molecule has 0 unspecified atom stereocenters. The van der Waals surface area contributed by atoms with E-state index in [1.54, 1.807) is 29.3 Å². The highest BCUT2D eigenvalue weighted by Gasteiger charge is 2.33. The lowest BCUT2D eigenvalue weighted by Gasteiger charge is -2.16. The predicted molar refractivity (Wildman–Crippen MR) is 109 cm³/mol. The highest BCUT2D eigenvalue weighted by atomic mass is 35.5. The van der Waals surface area contributed by atoms with Crippen LogP contribution in [0.2, 0.25) is 10.0 Å². The van der Waals surface area contributed by atoms with E-state index in [9.17, 15) is 4.79 Å². The van der Waals surface area contributed by atoms with E-state index in [-0.39, 0.29) is 5.91 Å². The molecular weight excluding hydrogens is 381 g/mol. The fraction of sp³-hybridized carbons (Fsp3) is 0.0952. The Labute approximate surface area is 167 Å². The molecular formula is C21H15Cl2N3O.